The van der Waals surface area contributed by atoms with Crippen LogP contribution >= 0.6 is 0 Å². The van der Waals surface area contributed by atoms with Crippen molar-refractivity contribution < 1.29 is 13.2 Å². The number of hydrogen-bond acceptors (Lipinski definition) is 3. The van der Waals surface area contributed by atoms with Crippen molar-refractivity contribution in [1.82, 2.24) is 9.21 Å². The van der Waals surface area contributed by atoms with Crippen LogP contribution in [0.25, 0.3) is 10.8 Å². The smallest absolute Gasteiger partial charge is 0.244 e. The predicted octanol–water partition coefficient (Wildman–Crippen LogP) is 3.58. The van der Waals surface area contributed by atoms with E-state index in [0.29, 0.717) is 19.5 Å². The summed E-state index contributed by atoms with van der Waals surface area (Å²) in [5.41, 5.74) is 2.02. The molecule has 5 rings (SSSR count). The summed E-state index contributed by atoms with van der Waals surface area (Å²) >= 11 is 0. The van der Waals surface area contributed by atoms with E-state index in [1.165, 1.54) is 4.31 Å². The molecular formula is C24H24N2O3S. The first kappa shape index (κ1) is 19.3. The highest BCUT2D eigenvalue weighted by atomic mass is 32.2. The number of benzene rings is 3. The maximum atomic E-state index is 13.7. The van der Waals surface area contributed by atoms with Gasteiger partial charge in [-0.25, -0.2) is 8.42 Å². The SMILES string of the molecule is O=C([C@@H]1Cc2ccccc2CN1S(=O)(=O)c1ccc2ccccc2c1)N1CCCC1. The predicted molar refractivity (Wildman–Crippen MR) is 116 cm³/mol. The molecule has 1 fully saturated rings. The number of amides is 1. The average molecular weight is 421 g/mol. The maximum absolute atomic E-state index is 13.7. The molecule has 0 radical (unpaired) electrons. The first-order chi connectivity index (χ1) is 14.5. The fourth-order valence-electron chi connectivity index (χ4n) is 4.57. The topological polar surface area (TPSA) is 57.7 Å². The van der Waals surface area contributed by atoms with Crippen LogP contribution in [0.3, 0.4) is 0 Å². The molecule has 5 nitrogen and oxygen atoms in total. The molecule has 0 saturated carbocycles. The van der Waals surface area contributed by atoms with Gasteiger partial charge in [-0.2, -0.15) is 4.31 Å². The van der Waals surface area contributed by atoms with E-state index in [9.17, 15) is 13.2 Å². The molecule has 2 heterocycles. The Bertz CT molecular complexity index is 1220. The number of nitrogens with zero attached hydrogens (tertiary/aromatic N) is 2. The van der Waals surface area contributed by atoms with Crippen molar-refractivity contribution in [1.29, 1.82) is 0 Å². The Morgan fingerprint density at radius 3 is 2.27 bits per heavy atom. The Morgan fingerprint density at radius 2 is 1.50 bits per heavy atom. The van der Waals surface area contributed by atoms with Gasteiger partial charge in [0.1, 0.15) is 6.04 Å². The van der Waals surface area contributed by atoms with Crippen LogP contribution in [0, 0.1) is 0 Å². The first-order valence-electron chi connectivity index (χ1n) is 10.4. The van der Waals surface area contributed by atoms with Crippen molar-refractivity contribution in [3.63, 3.8) is 0 Å². The van der Waals surface area contributed by atoms with Gasteiger partial charge in [0, 0.05) is 19.6 Å². The summed E-state index contributed by atoms with van der Waals surface area (Å²) in [6.45, 7) is 1.64. The number of likely N-dealkylation sites (tertiary alicyclic amines) is 1. The maximum Gasteiger partial charge on any atom is 0.244 e. The molecule has 6 heteroatoms. The van der Waals surface area contributed by atoms with E-state index in [-0.39, 0.29) is 17.3 Å². The van der Waals surface area contributed by atoms with E-state index in [1.807, 2.05) is 59.5 Å². The normalized spacial score (nSPS) is 19.7. The fourth-order valence-corrected chi connectivity index (χ4v) is 6.17. The molecule has 3 aromatic carbocycles. The van der Waals surface area contributed by atoms with E-state index >= 15 is 0 Å². The molecule has 0 N–H and O–H groups in total. The molecule has 0 bridgehead atoms. The number of sulfonamides is 1. The Balaban J connectivity index is 1.58. The van der Waals surface area contributed by atoms with Crippen molar-refractivity contribution in [2.45, 2.75) is 36.7 Å². The van der Waals surface area contributed by atoms with Gasteiger partial charge in [0.2, 0.25) is 15.9 Å². The zero-order chi connectivity index (χ0) is 20.7. The monoisotopic (exact) mass is 420 g/mol. The molecule has 1 atom stereocenters. The number of hydrogen-bond donors (Lipinski definition) is 0. The quantitative estimate of drug-likeness (QED) is 0.651. The second-order valence-corrected chi connectivity index (χ2v) is 9.97. The van der Waals surface area contributed by atoms with Gasteiger partial charge in [0.15, 0.2) is 0 Å². The molecule has 3 aromatic rings. The van der Waals surface area contributed by atoms with Gasteiger partial charge < -0.3 is 4.90 Å². The highest BCUT2D eigenvalue weighted by Gasteiger charge is 2.41. The van der Waals surface area contributed by atoms with Crippen LogP contribution in [-0.2, 0) is 27.8 Å². The molecular weight excluding hydrogens is 396 g/mol. The highest BCUT2D eigenvalue weighted by molar-refractivity contribution is 7.89. The summed E-state index contributed by atoms with van der Waals surface area (Å²) in [5, 5.41) is 1.86. The Morgan fingerprint density at radius 1 is 0.833 bits per heavy atom. The van der Waals surface area contributed by atoms with Crippen molar-refractivity contribution >= 4 is 26.7 Å². The van der Waals surface area contributed by atoms with E-state index in [1.54, 1.807) is 12.1 Å². The van der Waals surface area contributed by atoms with Crippen molar-refractivity contribution in [2.24, 2.45) is 0 Å². The van der Waals surface area contributed by atoms with Gasteiger partial charge in [-0.05, 0) is 53.3 Å². The Hall–Kier alpha value is -2.70. The molecule has 154 valence electrons. The van der Waals surface area contributed by atoms with Gasteiger partial charge in [0.05, 0.1) is 4.90 Å². The van der Waals surface area contributed by atoms with Crippen molar-refractivity contribution in [2.75, 3.05) is 13.1 Å². The summed E-state index contributed by atoms with van der Waals surface area (Å²) in [6.07, 6.45) is 2.37. The van der Waals surface area contributed by atoms with Gasteiger partial charge in [0.25, 0.3) is 0 Å². The van der Waals surface area contributed by atoms with Gasteiger partial charge in [-0.15, -0.1) is 0 Å². The van der Waals surface area contributed by atoms with Crippen molar-refractivity contribution in [3.05, 3.63) is 77.9 Å². The molecule has 1 saturated heterocycles. The molecule has 1 amide bonds. The second kappa shape index (κ2) is 7.52. The highest BCUT2D eigenvalue weighted by Crippen LogP contribution is 2.31. The van der Waals surface area contributed by atoms with Crippen LogP contribution in [0.5, 0.6) is 0 Å². The van der Waals surface area contributed by atoms with Gasteiger partial charge in [-0.1, -0.05) is 54.6 Å². The van der Waals surface area contributed by atoms with Gasteiger partial charge in [-0.3, -0.25) is 4.79 Å². The lowest BCUT2D eigenvalue weighted by Gasteiger charge is -2.36. The Kier molecular flexibility index (Phi) is 4.83. The van der Waals surface area contributed by atoms with E-state index in [2.05, 4.69) is 0 Å². The number of carbonyl (C=O) groups excluding carboxylic acids is 1. The van der Waals surface area contributed by atoms with E-state index < -0.39 is 16.1 Å². The zero-order valence-corrected chi connectivity index (χ0v) is 17.5. The third-order valence-corrected chi connectivity index (χ3v) is 8.09. The summed E-state index contributed by atoms with van der Waals surface area (Å²) in [7, 11) is -3.83. The second-order valence-electron chi connectivity index (χ2n) is 8.08. The van der Waals surface area contributed by atoms with E-state index in [4.69, 9.17) is 0 Å². The summed E-state index contributed by atoms with van der Waals surface area (Å²) in [4.78, 5) is 15.4. The molecule has 0 aliphatic carbocycles. The molecule has 0 aromatic heterocycles. The third-order valence-electron chi connectivity index (χ3n) is 6.24. The average Bonchev–Trinajstić information content (AvgIpc) is 3.32. The molecule has 0 unspecified atom stereocenters. The number of rotatable bonds is 3. The standard InChI is InChI=1S/C24H24N2O3S/c27-24(25-13-5-6-14-25)23-16-20-9-3-4-10-21(20)17-26(23)30(28,29)22-12-11-18-7-1-2-8-19(18)15-22/h1-4,7-12,15,23H,5-6,13-14,16-17H2/t23-/m0/s1. The number of carbonyl (C=O) groups is 1. The van der Waals surface area contributed by atoms with E-state index in [0.717, 1.165) is 34.7 Å². The summed E-state index contributed by atoms with van der Waals surface area (Å²) in [6, 6.07) is 20.0. The zero-order valence-electron chi connectivity index (χ0n) is 16.7. The van der Waals surface area contributed by atoms with Crippen LogP contribution in [-0.4, -0.2) is 42.7 Å². The van der Waals surface area contributed by atoms with Crippen LogP contribution in [0.1, 0.15) is 24.0 Å². The summed E-state index contributed by atoms with van der Waals surface area (Å²) < 4.78 is 28.9. The lowest BCUT2D eigenvalue weighted by molar-refractivity contribution is -0.134. The third kappa shape index (κ3) is 3.30. The minimum Gasteiger partial charge on any atom is -0.341 e. The molecule has 2 aliphatic rings. The Labute approximate surface area is 177 Å². The molecule has 30 heavy (non-hydrogen) atoms. The largest absolute Gasteiger partial charge is 0.341 e. The summed E-state index contributed by atoms with van der Waals surface area (Å²) in [5.74, 6) is -0.0774. The molecule has 0 spiro atoms. The first-order valence-corrected chi connectivity index (χ1v) is 11.8. The fraction of sp³-hybridized carbons (Fsp3) is 0.292. The van der Waals surface area contributed by atoms with Crippen LogP contribution < -0.4 is 0 Å². The minimum atomic E-state index is -3.83. The van der Waals surface area contributed by atoms with Crippen LogP contribution in [0.2, 0.25) is 0 Å². The minimum absolute atomic E-state index is 0.0774. The van der Waals surface area contributed by atoms with Gasteiger partial charge >= 0.3 is 0 Å². The van der Waals surface area contributed by atoms with Crippen molar-refractivity contribution in [3.8, 4) is 0 Å². The molecule has 2 aliphatic heterocycles. The van der Waals surface area contributed by atoms with Crippen LogP contribution in [0.15, 0.2) is 71.6 Å². The van der Waals surface area contributed by atoms with Crippen LogP contribution in [0.4, 0.5) is 0 Å². The number of fused-ring (bicyclic) bond motifs is 2. The lowest BCUT2D eigenvalue weighted by atomic mass is 9.95. The lowest BCUT2D eigenvalue weighted by Crippen LogP contribution is -2.53.